The first kappa shape index (κ1) is 17.7. The molecule has 0 fully saturated rings. The van der Waals surface area contributed by atoms with Crippen LogP contribution in [-0.2, 0) is 14.3 Å². The Hall–Kier alpha value is -1.39. The Kier molecular flexibility index (Phi) is 8.71. The van der Waals surface area contributed by atoms with E-state index < -0.39 is 6.10 Å². The van der Waals surface area contributed by atoms with E-state index in [0.717, 1.165) is 6.42 Å². The Morgan fingerprint density at radius 1 is 1.19 bits per heavy atom. The first-order valence-corrected chi connectivity index (χ1v) is 7.67. The molecule has 0 heterocycles. The van der Waals surface area contributed by atoms with Crippen molar-refractivity contribution in [2.45, 2.75) is 39.2 Å². The minimum absolute atomic E-state index is 0.0632. The molecule has 0 saturated heterocycles. The molecule has 0 saturated carbocycles. The van der Waals surface area contributed by atoms with Crippen LogP contribution < -0.4 is 5.32 Å². The van der Waals surface area contributed by atoms with Crippen LogP contribution in [0.3, 0.4) is 0 Å². The first-order valence-electron chi connectivity index (χ1n) is 7.67. The van der Waals surface area contributed by atoms with E-state index in [0.29, 0.717) is 32.3 Å². The summed E-state index contributed by atoms with van der Waals surface area (Å²) in [6.07, 6.45) is 0.485. The van der Waals surface area contributed by atoms with Crippen LogP contribution in [0, 0.1) is 0 Å². The Labute approximate surface area is 127 Å². The summed E-state index contributed by atoms with van der Waals surface area (Å²) in [6.45, 7) is 8.17. The fourth-order valence-electron chi connectivity index (χ4n) is 2.01. The van der Waals surface area contributed by atoms with Gasteiger partial charge in [-0.2, -0.15) is 0 Å². The monoisotopic (exact) mass is 293 g/mol. The number of rotatable bonds is 10. The van der Waals surface area contributed by atoms with Crippen molar-refractivity contribution in [1.82, 2.24) is 5.32 Å². The molecule has 0 aliphatic carbocycles. The molecule has 0 aliphatic heterocycles. The molecule has 21 heavy (non-hydrogen) atoms. The van der Waals surface area contributed by atoms with Crippen LogP contribution >= 0.6 is 0 Å². The SMILES string of the molecule is CCOCCO[C@H](C)C(=O)NCC[C@@H](C)c1ccccc1. The molecule has 0 spiro atoms. The number of carbonyl (C=O) groups excluding carboxylic acids is 1. The summed E-state index contributed by atoms with van der Waals surface area (Å²) < 4.78 is 10.6. The zero-order valence-electron chi connectivity index (χ0n) is 13.3. The molecule has 4 nitrogen and oxygen atoms in total. The van der Waals surface area contributed by atoms with Crippen LogP contribution in [0.15, 0.2) is 30.3 Å². The van der Waals surface area contributed by atoms with Crippen molar-refractivity contribution < 1.29 is 14.3 Å². The zero-order valence-corrected chi connectivity index (χ0v) is 13.3. The minimum Gasteiger partial charge on any atom is -0.379 e. The van der Waals surface area contributed by atoms with Crippen molar-refractivity contribution in [2.24, 2.45) is 0 Å². The van der Waals surface area contributed by atoms with Gasteiger partial charge in [0.25, 0.3) is 0 Å². The van der Waals surface area contributed by atoms with Crippen molar-refractivity contribution in [3.63, 3.8) is 0 Å². The van der Waals surface area contributed by atoms with Gasteiger partial charge < -0.3 is 14.8 Å². The summed E-state index contributed by atoms with van der Waals surface area (Å²) in [5.41, 5.74) is 1.30. The van der Waals surface area contributed by atoms with Gasteiger partial charge in [0.15, 0.2) is 0 Å². The molecule has 0 aliphatic rings. The van der Waals surface area contributed by atoms with Crippen molar-refractivity contribution in [3.8, 4) is 0 Å². The molecule has 1 aromatic carbocycles. The highest BCUT2D eigenvalue weighted by molar-refractivity contribution is 5.80. The molecule has 1 rings (SSSR count). The predicted molar refractivity (Wildman–Crippen MR) is 84.4 cm³/mol. The Balaban J connectivity index is 2.17. The molecule has 4 heteroatoms. The molecular formula is C17H27NO3. The maximum absolute atomic E-state index is 11.8. The first-order chi connectivity index (χ1) is 10.1. The molecule has 118 valence electrons. The lowest BCUT2D eigenvalue weighted by atomic mass is 9.98. The van der Waals surface area contributed by atoms with Crippen LogP contribution in [0.25, 0.3) is 0 Å². The van der Waals surface area contributed by atoms with E-state index in [1.165, 1.54) is 5.56 Å². The molecule has 1 aromatic rings. The van der Waals surface area contributed by atoms with Crippen molar-refractivity contribution in [3.05, 3.63) is 35.9 Å². The van der Waals surface area contributed by atoms with Gasteiger partial charge in [0.1, 0.15) is 6.10 Å². The summed E-state index contributed by atoms with van der Waals surface area (Å²) in [7, 11) is 0. The van der Waals surface area contributed by atoms with Gasteiger partial charge in [-0.1, -0.05) is 37.3 Å². The molecule has 2 atom stereocenters. The third kappa shape index (κ3) is 7.25. The number of nitrogens with one attached hydrogen (secondary N) is 1. The van der Waals surface area contributed by atoms with Gasteiger partial charge >= 0.3 is 0 Å². The highest BCUT2D eigenvalue weighted by Crippen LogP contribution is 2.17. The second kappa shape index (κ2) is 10.4. The Morgan fingerprint density at radius 3 is 2.57 bits per heavy atom. The van der Waals surface area contributed by atoms with Gasteiger partial charge in [0.2, 0.25) is 5.91 Å². The molecule has 0 unspecified atom stereocenters. The Morgan fingerprint density at radius 2 is 1.90 bits per heavy atom. The van der Waals surface area contributed by atoms with Gasteiger partial charge in [-0.05, 0) is 31.7 Å². The maximum atomic E-state index is 11.8. The minimum atomic E-state index is -0.433. The average molecular weight is 293 g/mol. The second-order valence-corrected chi connectivity index (χ2v) is 5.10. The van der Waals surface area contributed by atoms with E-state index in [1.807, 2.05) is 25.1 Å². The number of hydrogen-bond donors (Lipinski definition) is 1. The number of benzene rings is 1. The van der Waals surface area contributed by atoms with E-state index in [-0.39, 0.29) is 5.91 Å². The maximum Gasteiger partial charge on any atom is 0.248 e. The van der Waals surface area contributed by atoms with Gasteiger partial charge in [-0.15, -0.1) is 0 Å². The van der Waals surface area contributed by atoms with Crippen LogP contribution in [-0.4, -0.2) is 38.4 Å². The van der Waals surface area contributed by atoms with Crippen LogP contribution in [0.4, 0.5) is 0 Å². The van der Waals surface area contributed by atoms with E-state index in [1.54, 1.807) is 6.92 Å². The molecule has 1 amide bonds. The van der Waals surface area contributed by atoms with E-state index in [4.69, 9.17) is 9.47 Å². The number of amides is 1. The summed E-state index contributed by atoms with van der Waals surface area (Å²) in [5.74, 6) is 0.368. The lowest BCUT2D eigenvalue weighted by molar-refractivity contribution is -0.132. The quantitative estimate of drug-likeness (QED) is 0.675. The summed E-state index contributed by atoms with van der Waals surface area (Å²) in [4.78, 5) is 11.8. The third-order valence-electron chi connectivity index (χ3n) is 3.41. The highest BCUT2D eigenvalue weighted by Gasteiger charge is 2.13. The predicted octanol–water partition coefficient (Wildman–Crippen LogP) is 2.74. The average Bonchev–Trinajstić information content (AvgIpc) is 2.52. The van der Waals surface area contributed by atoms with E-state index >= 15 is 0 Å². The zero-order chi connectivity index (χ0) is 15.5. The van der Waals surface area contributed by atoms with Crippen LogP contribution in [0.5, 0.6) is 0 Å². The van der Waals surface area contributed by atoms with E-state index in [9.17, 15) is 4.79 Å². The summed E-state index contributed by atoms with van der Waals surface area (Å²) >= 11 is 0. The number of carbonyl (C=O) groups is 1. The molecule has 0 aromatic heterocycles. The topological polar surface area (TPSA) is 47.6 Å². The molecule has 1 N–H and O–H groups in total. The standard InChI is InChI=1S/C17H27NO3/c1-4-20-12-13-21-15(3)17(19)18-11-10-14(2)16-8-6-5-7-9-16/h5-9,14-15H,4,10-13H2,1-3H3,(H,18,19)/t14-,15-/m1/s1. The number of hydrogen-bond acceptors (Lipinski definition) is 3. The lowest BCUT2D eigenvalue weighted by Crippen LogP contribution is -2.36. The van der Waals surface area contributed by atoms with Crippen molar-refractivity contribution in [2.75, 3.05) is 26.4 Å². The summed E-state index contributed by atoms with van der Waals surface area (Å²) in [5, 5.41) is 2.92. The van der Waals surface area contributed by atoms with Gasteiger partial charge in [0, 0.05) is 13.2 Å². The van der Waals surface area contributed by atoms with Crippen molar-refractivity contribution in [1.29, 1.82) is 0 Å². The third-order valence-corrected chi connectivity index (χ3v) is 3.41. The fourth-order valence-corrected chi connectivity index (χ4v) is 2.01. The van der Waals surface area contributed by atoms with Gasteiger partial charge in [0.05, 0.1) is 13.2 Å². The Bertz CT molecular complexity index is 394. The molecular weight excluding hydrogens is 266 g/mol. The largest absolute Gasteiger partial charge is 0.379 e. The van der Waals surface area contributed by atoms with Crippen LogP contribution in [0.2, 0.25) is 0 Å². The fraction of sp³-hybridized carbons (Fsp3) is 0.588. The summed E-state index contributed by atoms with van der Waals surface area (Å²) in [6, 6.07) is 10.3. The van der Waals surface area contributed by atoms with Crippen molar-refractivity contribution >= 4 is 5.91 Å². The molecule has 0 bridgehead atoms. The van der Waals surface area contributed by atoms with Gasteiger partial charge in [-0.25, -0.2) is 0 Å². The second-order valence-electron chi connectivity index (χ2n) is 5.10. The highest BCUT2D eigenvalue weighted by atomic mass is 16.5. The normalized spacial score (nSPS) is 13.7. The lowest BCUT2D eigenvalue weighted by Gasteiger charge is -2.15. The van der Waals surface area contributed by atoms with Gasteiger partial charge in [-0.3, -0.25) is 4.79 Å². The van der Waals surface area contributed by atoms with Crippen LogP contribution in [0.1, 0.15) is 38.7 Å². The smallest absolute Gasteiger partial charge is 0.248 e. The number of ether oxygens (including phenoxy) is 2. The van der Waals surface area contributed by atoms with E-state index in [2.05, 4.69) is 24.4 Å². The molecule has 0 radical (unpaired) electrons.